The Labute approximate surface area is 171 Å². The highest BCUT2D eigenvalue weighted by Crippen LogP contribution is 2.39. The molecule has 3 heterocycles. The number of nitrogens with zero attached hydrogens (tertiary/aromatic N) is 3. The molecule has 1 aliphatic heterocycles. The third-order valence-electron chi connectivity index (χ3n) is 5.26. The molecule has 0 saturated carbocycles. The first-order valence-electron chi connectivity index (χ1n) is 9.00. The van der Waals surface area contributed by atoms with Crippen LogP contribution in [0.3, 0.4) is 0 Å². The minimum atomic E-state index is -3.67. The minimum absolute atomic E-state index is 0. The number of aryl methyl sites for hydroxylation is 2. The fourth-order valence-electron chi connectivity index (χ4n) is 3.69. The maximum atomic E-state index is 13.7. The first kappa shape index (κ1) is 20.5. The Morgan fingerprint density at radius 3 is 2.64 bits per heavy atom. The lowest BCUT2D eigenvalue weighted by Crippen LogP contribution is -2.31. The number of benzene rings is 1. The van der Waals surface area contributed by atoms with E-state index in [0.717, 1.165) is 35.1 Å². The number of hydrogen-bond acceptors (Lipinski definition) is 4. The van der Waals surface area contributed by atoms with Crippen LogP contribution in [0.25, 0.3) is 11.1 Å². The summed E-state index contributed by atoms with van der Waals surface area (Å²) in [5.41, 5.74) is 4.40. The van der Waals surface area contributed by atoms with Gasteiger partial charge in [0.05, 0.1) is 17.1 Å². The summed E-state index contributed by atoms with van der Waals surface area (Å²) in [5, 5.41) is 6.77. The molecule has 1 N–H and O–H groups in total. The number of halogens is 1. The van der Waals surface area contributed by atoms with Gasteiger partial charge >= 0.3 is 0 Å². The van der Waals surface area contributed by atoms with Crippen LogP contribution < -0.4 is 0 Å². The van der Waals surface area contributed by atoms with Gasteiger partial charge in [0.2, 0.25) is 10.0 Å². The Kier molecular flexibility index (Phi) is 5.88. The van der Waals surface area contributed by atoms with Crippen molar-refractivity contribution in [1.29, 1.82) is 0 Å². The quantitative estimate of drug-likeness (QED) is 0.693. The molecule has 0 amide bonds. The van der Waals surface area contributed by atoms with Crippen molar-refractivity contribution in [2.75, 3.05) is 6.54 Å². The standard InChI is InChI=1S/C20H22N4O2S.ClH/c1-14-9-18(17-12-22-23-13-17)20(10-15(14)2)27(25,26)24-8-4-6-19(24)16-5-3-7-21-11-16;/h3,5,7,9-13,19H,4,6,8H2,1-2H3,(H,22,23);1H. The summed E-state index contributed by atoms with van der Waals surface area (Å²) < 4.78 is 29.0. The molecule has 1 saturated heterocycles. The van der Waals surface area contributed by atoms with Gasteiger partial charge in [-0.25, -0.2) is 8.42 Å². The van der Waals surface area contributed by atoms with E-state index in [-0.39, 0.29) is 18.4 Å². The predicted molar refractivity (Wildman–Crippen MR) is 111 cm³/mol. The van der Waals surface area contributed by atoms with Crippen LogP contribution in [0.4, 0.5) is 0 Å². The highest BCUT2D eigenvalue weighted by Gasteiger charge is 2.37. The number of hydrogen-bond donors (Lipinski definition) is 1. The molecule has 2 aromatic heterocycles. The molecule has 4 rings (SSSR count). The zero-order valence-corrected chi connectivity index (χ0v) is 17.4. The second-order valence-electron chi connectivity index (χ2n) is 6.98. The molecule has 1 fully saturated rings. The maximum absolute atomic E-state index is 13.7. The number of aromatic amines is 1. The monoisotopic (exact) mass is 418 g/mol. The molecule has 28 heavy (non-hydrogen) atoms. The number of nitrogens with one attached hydrogen (secondary N) is 1. The van der Waals surface area contributed by atoms with Crippen molar-refractivity contribution in [3.63, 3.8) is 0 Å². The number of pyridine rings is 1. The van der Waals surface area contributed by atoms with Gasteiger partial charge in [0.1, 0.15) is 0 Å². The van der Waals surface area contributed by atoms with Crippen molar-refractivity contribution in [3.05, 3.63) is 65.7 Å². The fraction of sp³-hybridized carbons (Fsp3) is 0.300. The van der Waals surface area contributed by atoms with Crippen LogP contribution >= 0.6 is 12.4 Å². The van der Waals surface area contributed by atoms with E-state index in [1.807, 2.05) is 32.0 Å². The third-order valence-corrected chi connectivity index (χ3v) is 7.21. The van der Waals surface area contributed by atoms with Crippen molar-refractivity contribution in [2.45, 2.75) is 37.6 Å². The van der Waals surface area contributed by atoms with E-state index >= 15 is 0 Å². The zero-order chi connectivity index (χ0) is 19.0. The number of aromatic nitrogens is 3. The summed E-state index contributed by atoms with van der Waals surface area (Å²) in [6, 6.07) is 7.34. The van der Waals surface area contributed by atoms with E-state index < -0.39 is 10.0 Å². The first-order chi connectivity index (χ1) is 13.0. The molecule has 6 nitrogen and oxygen atoms in total. The van der Waals surface area contributed by atoms with Crippen LogP contribution in [-0.4, -0.2) is 34.4 Å². The van der Waals surface area contributed by atoms with E-state index in [9.17, 15) is 8.42 Å². The molecule has 0 spiro atoms. The lowest BCUT2D eigenvalue weighted by Gasteiger charge is -2.25. The Balaban J connectivity index is 0.00000225. The van der Waals surface area contributed by atoms with Gasteiger partial charge in [-0.05, 0) is 61.6 Å². The zero-order valence-electron chi connectivity index (χ0n) is 15.8. The highest BCUT2D eigenvalue weighted by atomic mass is 35.5. The summed E-state index contributed by atoms with van der Waals surface area (Å²) in [5.74, 6) is 0. The Bertz CT molecular complexity index is 1050. The second kappa shape index (κ2) is 8.03. The lowest BCUT2D eigenvalue weighted by atomic mass is 10.0. The Hall–Kier alpha value is -2.22. The topological polar surface area (TPSA) is 79.0 Å². The smallest absolute Gasteiger partial charge is 0.244 e. The summed E-state index contributed by atoms with van der Waals surface area (Å²) in [6.07, 6.45) is 8.49. The molecule has 1 aliphatic rings. The van der Waals surface area contributed by atoms with Crippen LogP contribution in [0.5, 0.6) is 0 Å². The van der Waals surface area contributed by atoms with Gasteiger partial charge in [0.15, 0.2) is 0 Å². The number of sulfonamides is 1. The van der Waals surface area contributed by atoms with Gasteiger partial charge in [-0.1, -0.05) is 6.07 Å². The predicted octanol–water partition coefficient (Wildman–Crippen LogP) is 4.04. The molecular weight excluding hydrogens is 396 g/mol. The van der Waals surface area contributed by atoms with Gasteiger partial charge in [-0.15, -0.1) is 12.4 Å². The van der Waals surface area contributed by atoms with Crippen molar-refractivity contribution in [1.82, 2.24) is 19.5 Å². The van der Waals surface area contributed by atoms with Crippen LogP contribution in [0.1, 0.15) is 35.6 Å². The molecule has 1 unspecified atom stereocenters. The normalized spacial score (nSPS) is 17.4. The minimum Gasteiger partial charge on any atom is -0.285 e. The third kappa shape index (κ3) is 3.57. The highest BCUT2D eigenvalue weighted by molar-refractivity contribution is 7.89. The van der Waals surface area contributed by atoms with Gasteiger partial charge in [-0.2, -0.15) is 9.40 Å². The summed E-state index contributed by atoms with van der Waals surface area (Å²) in [6.45, 7) is 4.44. The van der Waals surface area contributed by atoms with E-state index in [4.69, 9.17) is 0 Å². The fourth-order valence-corrected chi connectivity index (χ4v) is 5.65. The average molecular weight is 419 g/mol. The molecular formula is C20H23ClN4O2S. The van der Waals surface area contributed by atoms with Crippen molar-refractivity contribution < 1.29 is 8.42 Å². The second-order valence-corrected chi connectivity index (χ2v) is 8.84. The Morgan fingerprint density at radius 2 is 1.96 bits per heavy atom. The summed E-state index contributed by atoms with van der Waals surface area (Å²) in [7, 11) is -3.67. The first-order valence-corrected chi connectivity index (χ1v) is 10.4. The lowest BCUT2D eigenvalue weighted by molar-refractivity contribution is 0.396. The van der Waals surface area contributed by atoms with Gasteiger partial charge in [-0.3, -0.25) is 10.1 Å². The van der Waals surface area contributed by atoms with E-state index in [0.29, 0.717) is 17.0 Å². The average Bonchev–Trinajstić information content (AvgIpc) is 3.36. The summed E-state index contributed by atoms with van der Waals surface area (Å²) >= 11 is 0. The molecule has 0 radical (unpaired) electrons. The van der Waals surface area contributed by atoms with Crippen LogP contribution in [0.2, 0.25) is 0 Å². The molecule has 0 bridgehead atoms. The van der Waals surface area contributed by atoms with Gasteiger partial charge in [0, 0.05) is 36.3 Å². The van der Waals surface area contributed by atoms with Crippen LogP contribution in [0, 0.1) is 13.8 Å². The van der Waals surface area contributed by atoms with Crippen molar-refractivity contribution in [2.24, 2.45) is 0 Å². The molecule has 3 aromatic rings. The Morgan fingerprint density at radius 1 is 1.18 bits per heavy atom. The van der Waals surface area contributed by atoms with E-state index in [1.165, 1.54) is 0 Å². The van der Waals surface area contributed by atoms with Crippen molar-refractivity contribution in [3.8, 4) is 11.1 Å². The molecule has 1 aromatic carbocycles. The van der Waals surface area contributed by atoms with E-state index in [1.54, 1.807) is 35.2 Å². The molecule has 0 aliphatic carbocycles. The van der Waals surface area contributed by atoms with Gasteiger partial charge < -0.3 is 0 Å². The number of H-pyrrole nitrogens is 1. The maximum Gasteiger partial charge on any atom is 0.244 e. The number of rotatable bonds is 4. The van der Waals surface area contributed by atoms with Crippen molar-refractivity contribution >= 4 is 22.4 Å². The SMILES string of the molecule is Cc1cc(-c2cn[nH]c2)c(S(=O)(=O)N2CCCC2c2cccnc2)cc1C.Cl. The molecule has 8 heteroatoms. The van der Waals surface area contributed by atoms with Crippen LogP contribution in [-0.2, 0) is 10.0 Å². The van der Waals surface area contributed by atoms with Gasteiger partial charge in [0.25, 0.3) is 0 Å². The van der Waals surface area contributed by atoms with Crippen LogP contribution in [0.15, 0.2) is 53.9 Å². The molecule has 1 atom stereocenters. The molecule has 148 valence electrons. The largest absolute Gasteiger partial charge is 0.285 e. The van der Waals surface area contributed by atoms with E-state index in [2.05, 4.69) is 15.2 Å². The summed E-state index contributed by atoms with van der Waals surface area (Å²) in [4.78, 5) is 4.50.